The second kappa shape index (κ2) is 11.1. The molecule has 0 unspecified atom stereocenters. The number of aryl methyl sites for hydroxylation is 1. The molecule has 0 aliphatic heterocycles. The van der Waals surface area contributed by atoms with E-state index in [1.54, 1.807) is 6.07 Å². The quantitative estimate of drug-likeness (QED) is 0.294. The van der Waals surface area contributed by atoms with Gasteiger partial charge in [-0.1, -0.05) is 25.5 Å². The van der Waals surface area contributed by atoms with Crippen LogP contribution in [0.1, 0.15) is 35.2 Å². The first-order valence-corrected chi connectivity index (χ1v) is 10.2. The number of amides is 1. The number of ether oxygens (including phenoxy) is 2. The summed E-state index contributed by atoms with van der Waals surface area (Å²) in [5.41, 5.74) is 0.793. The zero-order valence-corrected chi connectivity index (χ0v) is 17.8. The highest BCUT2D eigenvalue weighted by Gasteiger charge is 2.17. The van der Waals surface area contributed by atoms with Gasteiger partial charge in [0, 0.05) is 12.1 Å². The molecule has 0 saturated heterocycles. The maximum atomic E-state index is 12.5. The number of non-ortho nitro benzene ring substituents is 1. The van der Waals surface area contributed by atoms with E-state index in [4.69, 9.17) is 13.9 Å². The Kier molecular flexibility index (Phi) is 7.96. The lowest BCUT2D eigenvalue weighted by Gasteiger charge is -2.09. The van der Waals surface area contributed by atoms with E-state index in [2.05, 4.69) is 12.2 Å². The number of carbonyl (C=O) groups is 1. The van der Waals surface area contributed by atoms with Crippen molar-refractivity contribution < 1.29 is 32.4 Å². The van der Waals surface area contributed by atoms with Crippen LogP contribution in [0.3, 0.4) is 0 Å². The van der Waals surface area contributed by atoms with Crippen LogP contribution in [0.2, 0.25) is 0 Å². The first-order chi connectivity index (χ1) is 15.8. The number of halogens is 2. The van der Waals surface area contributed by atoms with Crippen molar-refractivity contribution in [1.82, 2.24) is 0 Å². The third-order valence-electron chi connectivity index (χ3n) is 4.46. The van der Waals surface area contributed by atoms with E-state index in [1.807, 2.05) is 24.3 Å². The minimum absolute atomic E-state index is 0.000152. The average Bonchev–Trinajstić information content (AvgIpc) is 3.26. The predicted molar refractivity (Wildman–Crippen MR) is 116 cm³/mol. The highest BCUT2D eigenvalue weighted by molar-refractivity contribution is 6.02. The number of hydrogen-bond donors (Lipinski definition) is 1. The monoisotopic (exact) mass is 460 g/mol. The molecule has 3 aromatic rings. The van der Waals surface area contributed by atoms with E-state index in [-0.39, 0.29) is 23.8 Å². The number of anilines is 1. The lowest BCUT2D eigenvalue weighted by molar-refractivity contribution is -0.384. The van der Waals surface area contributed by atoms with Crippen LogP contribution in [0.15, 0.2) is 59.0 Å². The lowest BCUT2D eigenvalue weighted by atomic mass is 10.1. The van der Waals surface area contributed by atoms with E-state index in [0.717, 1.165) is 25.0 Å². The average molecular weight is 460 g/mol. The molecule has 10 heteroatoms. The molecule has 0 aliphatic rings. The number of nitrogens with zero attached hydrogens (tertiary/aromatic N) is 1. The van der Waals surface area contributed by atoms with Crippen LogP contribution < -0.4 is 14.8 Å². The molecule has 3 rings (SSSR count). The van der Waals surface area contributed by atoms with Gasteiger partial charge in [0.15, 0.2) is 5.76 Å². The van der Waals surface area contributed by atoms with Gasteiger partial charge in [-0.15, -0.1) is 0 Å². The van der Waals surface area contributed by atoms with Gasteiger partial charge >= 0.3 is 0 Å². The molecular formula is C23H22F2N2O6. The van der Waals surface area contributed by atoms with Crippen molar-refractivity contribution >= 4 is 17.3 Å². The largest absolute Gasteiger partial charge is 0.487 e. The standard InChI is InChI=1S/C23H22F2N2O6/c1-2-3-15-4-6-18(7-5-15)31-13-19-8-9-21(33-19)23(28)26-16-10-17(27(29)30)12-20(11-16)32-14-22(24)25/h4-12,22H,2-3,13-14H2,1H3,(H,26,28). The van der Waals surface area contributed by atoms with Gasteiger partial charge in [0.2, 0.25) is 0 Å². The van der Waals surface area contributed by atoms with Crippen molar-refractivity contribution in [3.05, 3.63) is 81.8 Å². The third kappa shape index (κ3) is 7.03. The molecule has 0 spiro atoms. The SMILES string of the molecule is CCCc1ccc(OCc2ccc(C(=O)Nc3cc(OCC(F)F)cc([N+](=O)[O-])c3)o2)cc1. The van der Waals surface area contributed by atoms with Crippen LogP contribution in [0.25, 0.3) is 0 Å². The topological polar surface area (TPSA) is 104 Å². The van der Waals surface area contributed by atoms with Gasteiger partial charge in [-0.05, 0) is 36.2 Å². The van der Waals surface area contributed by atoms with Gasteiger partial charge in [0.1, 0.15) is 30.5 Å². The van der Waals surface area contributed by atoms with Crippen LogP contribution in [0.5, 0.6) is 11.5 Å². The van der Waals surface area contributed by atoms with E-state index >= 15 is 0 Å². The van der Waals surface area contributed by atoms with Gasteiger partial charge in [0.05, 0.1) is 16.7 Å². The highest BCUT2D eigenvalue weighted by Crippen LogP contribution is 2.27. The van der Waals surface area contributed by atoms with Crippen LogP contribution in [0, 0.1) is 10.1 Å². The fourth-order valence-electron chi connectivity index (χ4n) is 2.97. The summed E-state index contributed by atoms with van der Waals surface area (Å²) >= 11 is 0. The second-order valence-corrected chi connectivity index (χ2v) is 7.08. The number of furan rings is 1. The molecule has 2 aromatic carbocycles. The van der Waals surface area contributed by atoms with Gasteiger partial charge in [-0.2, -0.15) is 0 Å². The number of carbonyl (C=O) groups excluding carboxylic acids is 1. The molecule has 1 N–H and O–H groups in total. The van der Waals surface area contributed by atoms with E-state index < -0.39 is 29.6 Å². The van der Waals surface area contributed by atoms with Crippen molar-refractivity contribution in [3.63, 3.8) is 0 Å². The van der Waals surface area contributed by atoms with Crippen molar-refractivity contribution in [3.8, 4) is 11.5 Å². The van der Waals surface area contributed by atoms with Crippen molar-refractivity contribution in [1.29, 1.82) is 0 Å². The van der Waals surface area contributed by atoms with Gasteiger partial charge in [0.25, 0.3) is 18.0 Å². The van der Waals surface area contributed by atoms with Gasteiger partial charge in [-0.3, -0.25) is 14.9 Å². The Morgan fingerprint density at radius 1 is 1.09 bits per heavy atom. The van der Waals surface area contributed by atoms with Gasteiger partial charge < -0.3 is 19.2 Å². The van der Waals surface area contributed by atoms with E-state index in [9.17, 15) is 23.7 Å². The Morgan fingerprint density at radius 2 is 1.85 bits per heavy atom. The maximum absolute atomic E-state index is 12.5. The van der Waals surface area contributed by atoms with Crippen LogP contribution in [-0.4, -0.2) is 23.9 Å². The second-order valence-electron chi connectivity index (χ2n) is 7.08. The number of benzene rings is 2. The Balaban J connectivity index is 1.63. The zero-order chi connectivity index (χ0) is 23.8. The molecule has 1 heterocycles. The van der Waals surface area contributed by atoms with E-state index in [0.29, 0.717) is 11.5 Å². The zero-order valence-electron chi connectivity index (χ0n) is 17.8. The highest BCUT2D eigenvalue weighted by atomic mass is 19.3. The summed E-state index contributed by atoms with van der Waals surface area (Å²) in [4.78, 5) is 22.9. The Morgan fingerprint density at radius 3 is 2.52 bits per heavy atom. The minimum atomic E-state index is -2.75. The van der Waals surface area contributed by atoms with Crippen molar-refractivity contribution in [2.75, 3.05) is 11.9 Å². The smallest absolute Gasteiger partial charge is 0.291 e. The lowest BCUT2D eigenvalue weighted by Crippen LogP contribution is -2.12. The number of alkyl halides is 2. The third-order valence-corrected chi connectivity index (χ3v) is 4.46. The molecule has 0 atom stereocenters. The van der Waals surface area contributed by atoms with E-state index in [1.165, 1.54) is 17.7 Å². The Bertz CT molecular complexity index is 1100. The first-order valence-electron chi connectivity index (χ1n) is 10.2. The normalized spacial score (nSPS) is 10.8. The van der Waals surface area contributed by atoms with Crippen LogP contribution in [-0.2, 0) is 13.0 Å². The number of nitrogens with one attached hydrogen (secondary N) is 1. The molecule has 1 amide bonds. The molecule has 0 radical (unpaired) electrons. The molecule has 0 fully saturated rings. The number of nitro benzene ring substituents is 1. The summed E-state index contributed by atoms with van der Waals surface area (Å²) in [6.45, 7) is 1.27. The molecular weight excluding hydrogens is 438 g/mol. The minimum Gasteiger partial charge on any atom is -0.487 e. The molecule has 1 aromatic heterocycles. The summed E-state index contributed by atoms with van der Waals surface area (Å²) in [5.74, 6) is 0.167. The van der Waals surface area contributed by atoms with Crippen LogP contribution >= 0.6 is 0 Å². The predicted octanol–water partition coefficient (Wildman–Crippen LogP) is 5.62. The van der Waals surface area contributed by atoms with Crippen LogP contribution in [0.4, 0.5) is 20.2 Å². The Hall–Kier alpha value is -3.95. The fourth-order valence-corrected chi connectivity index (χ4v) is 2.97. The number of nitro groups is 1. The van der Waals surface area contributed by atoms with Crippen molar-refractivity contribution in [2.24, 2.45) is 0 Å². The Labute approximate surface area is 188 Å². The summed E-state index contributed by atoms with van der Waals surface area (Å²) < 4.78 is 40.8. The number of rotatable bonds is 11. The fraction of sp³-hybridized carbons (Fsp3) is 0.261. The number of hydrogen-bond acceptors (Lipinski definition) is 6. The summed E-state index contributed by atoms with van der Waals surface area (Å²) in [6.07, 6.45) is -0.709. The van der Waals surface area contributed by atoms with Gasteiger partial charge in [-0.25, -0.2) is 8.78 Å². The summed E-state index contributed by atoms with van der Waals surface area (Å²) in [5, 5.41) is 13.5. The molecule has 8 nitrogen and oxygen atoms in total. The molecule has 33 heavy (non-hydrogen) atoms. The molecule has 0 bridgehead atoms. The van der Waals surface area contributed by atoms with Crippen molar-refractivity contribution in [2.45, 2.75) is 32.8 Å². The maximum Gasteiger partial charge on any atom is 0.291 e. The molecule has 0 aliphatic carbocycles. The molecule has 0 saturated carbocycles. The summed E-state index contributed by atoms with van der Waals surface area (Å²) in [7, 11) is 0. The molecule has 174 valence electrons. The summed E-state index contributed by atoms with van der Waals surface area (Å²) in [6, 6.07) is 14.0. The first kappa shape index (κ1) is 23.7.